The first-order valence-corrected chi connectivity index (χ1v) is 13.5. The van der Waals surface area contributed by atoms with Crippen LogP contribution in [0.4, 0.5) is 0 Å². The fraction of sp³-hybridized carbons (Fsp3) is 0.913. The summed E-state index contributed by atoms with van der Waals surface area (Å²) in [5.41, 5.74) is 1.08. The minimum Gasteiger partial charge on any atom is -0.414 e. The van der Waals surface area contributed by atoms with E-state index >= 15 is 0 Å². The van der Waals surface area contributed by atoms with Gasteiger partial charge in [0, 0.05) is 18.9 Å². The van der Waals surface area contributed by atoms with Gasteiger partial charge in [0.15, 0.2) is 0 Å². The maximum atomic E-state index is 10.9. The largest absolute Gasteiger partial charge is 0.414 e. The van der Waals surface area contributed by atoms with Crippen LogP contribution in [0.2, 0.25) is 16.6 Å². The molecule has 28 heavy (non-hydrogen) atoms. The normalized spacial score (nSPS) is 29.1. The Kier molecular flexibility index (Phi) is 8.88. The van der Waals surface area contributed by atoms with Crippen molar-refractivity contribution in [1.82, 2.24) is 0 Å². The Morgan fingerprint density at radius 2 is 1.61 bits per heavy atom. The Hall–Kier alpha value is -0.543. The SMILES string of the molecule is CC(C)[Si](OC1CCC(O)(CC#COC2CCCCO2)CC1)(C(C)C)C(C)C. The van der Waals surface area contributed by atoms with Gasteiger partial charge in [0.25, 0.3) is 0 Å². The lowest BCUT2D eigenvalue weighted by atomic mass is 9.81. The molecule has 5 heteroatoms. The quantitative estimate of drug-likeness (QED) is 0.429. The van der Waals surface area contributed by atoms with Gasteiger partial charge in [-0.05, 0) is 55.1 Å². The minimum absolute atomic E-state index is 0.193. The summed E-state index contributed by atoms with van der Waals surface area (Å²) >= 11 is 0. The summed E-state index contributed by atoms with van der Waals surface area (Å²) < 4.78 is 17.9. The highest BCUT2D eigenvalue weighted by Crippen LogP contribution is 2.45. The van der Waals surface area contributed by atoms with E-state index in [0.29, 0.717) is 23.0 Å². The van der Waals surface area contributed by atoms with E-state index in [0.717, 1.165) is 51.6 Å². The topological polar surface area (TPSA) is 47.9 Å². The van der Waals surface area contributed by atoms with Gasteiger partial charge in [-0.1, -0.05) is 47.5 Å². The molecule has 2 fully saturated rings. The van der Waals surface area contributed by atoms with Gasteiger partial charge in [0.05, 0.1) is 12.2 Å². The molecule has 1 N–H and O–H groups in total. The standard InChI is InChI=1S/C23H42O4Si/c1-18(2)28(19(3)4,20(5)6)27-21-11-14-23(24,15-12-21)13-9-17-26-22-10-7-8-16-25-22/h18-22,24H,7-8,10-16H2,1-6H3. The van der Waals surface area contributed by atoms with E-state index in [4.69, 9.17) is 13.9 Å². The molecule has 2 rings (SSSR count). The van der Waals surface area contributed by atoms with Crippen LogP contribution in [-0.2, 0) is 13.9 Å². The van der Waals surface area contributed by atoms with Crippen molar-refractivity contribution in [2.45, 2.75) is 128 Å². The summed E-state index contributed by atoms with van der Waals surface area (Å²) in [4.78, 5) is 0. The van der Waals surface area contributed by atoms with Crippen LogP contribution < -0.4 is 0 Å². The second-order valence-electron chi connectivity index (χ2n) is 9.73. The molecule has 0 aromatic rings. The predicted molar refractivity (Wildman–Crippen MR) is 116 cm³/mol. The van der Waals surface area contributed by atoms with Crippen molar-refractivity contribution in [2.24, 2.45) is 0 Å². The zero-order valence-corrected chi connectivity index (χ0v) is 19.9. The minimum atomic E-state index is -1.86. The van der Waals surface area contributed by atoms with Gasteiger partial charge < -0.3 is 19.0 Å². The Labute approximate surface area is 173 Å². The first kappa shape index (κ1) is 23.7. The van der Waals surface area contributed by atoms with Crippen molar-refractivity contribution in [3.63, 3.8) is 0 Å². The monoisotopic (exact) mass is 410 g/mol. The lowest BCUT2D eigenvalue weighted by Crippen LogP contribution is -2.51. The molecule has 0 aromatic heterocycles. The molecule has 1 saturated carbocycles. The summed E-state index contributed by atoms with van der Waals surface area (Å²) in [6, 6.07) is 0. The first-order chi connectivity index (χ1) is 13.2. The van der Waals surface area contributed by atoms with Crippen LogP contribution in [0.15, 0.2) is 0 Å². The molecular formula is C23H42O4Si. The first-order valence-electron chi connectivity index (χ1n) is 11.3. The van der Waals surface area contributed by atoms with Crippen molar-refractivity contribution >= 4 is 8.32 Å². The smallest absolute Gasteiger partial charge is 0.210 e. The molecule has 1 unspecified atom stereocenters. The molecule has 1 heterocycles. The Morgan fingerprint density at radius 1 is 1.00 bits per heavy atom. The fourth-order valence-corrected chi connectivity index (χ4v) is 10.9. The van der Waals surface area contributed by atoms with Gasteiger partial charge in [-0.2, -0.15) is 0 Å². The number of ether oxygens (including phenoxy) is 2. The number of rotatable bonds is 7. The molecule has 2 aliphatic rings. The van der Waals surface area contributed by atoms with Gasteiger partial charge in [-0.15, -0.1) is 0 Å². The van der Waals surface area contributed by atoms with Crippen LogP contribution in [0.5, 0.6) is 0 Å². The van der Waals surface area contributed by atoms with Crippen molar-refractivity contribution in [3.8, 4) is 12.0 Å². The van der Waals surface area contributed by atoms with Gasteiger partial charge >= 0.3 is 0 Å². The molecule has 1 aliphatic heterocycles. The molecule has 0 spiro atoms. The van der Waals surface area contributed by atoms with E-state index < -0.39 is 13.9 Å². The lowest BCUT2D eigenvalue weighted by Gasteiger charge is -2.46. The third kappa shape index (κ3) is 5.98. The summed E-state index contributed by atoms with van der Waals surface area (Å²) in [7, 11) is -1.86. The van der Waals surface area contributed by atoms with Crippen LogP contribution in [0, 0.1) is 12.0 Å². The summed E-state index contributed by atoms with van der Waals surface area (Å²) in [5, 5.41) is 10.9. The highest BCUT2D eigenvalue weighted by Gasteiger charge is 2.47. The third-order valence-electron chi connectivity index (χ3n) is 6.76. The van der Waals surface area contributed by atoms with Crippen LogP contribution in [0.25, 0.3) is 0 Å². The third-order valence-corrected chi connectivity index (χ3v) is 12.9. The van der Waals surface area contributed by atoms with E-state index in [1.54, 1.807) is 0 Å². The number of aliphatic hydroxyl groups is 1. The van der Waals surface area contributed by atoms with Crippen molar-refractivity contribution in [2.75, 3.05) is 6.61 Å². The summed E-state index contributed by atoms with van der Waals surface area (Å²) in [5.74, 6) is 3.03. The van der Waals surface area contributed by atoms with E-state index in [-0.39, 0.29) is 12.4 Å². The molecule has 0 amide bonds. The second-order valence-corrected chi connectivity index (χ2v) is 15.1. The number of hydrogen-bond acceptors (Lipinski definition) is 4. The molecule has 0 aromatic carbocycles. The van der Waals surface area contributed by atoms with Crippen molar-refractivity contribution in [3.05, 3.63) is 0 Å². The highest BCUT2D eigenvalue weighted by atomic mass is 28.4. The molecule has 1 atom stereocenters. The fourth-order valence-electron chi connectivity index (χ4n) is 5.23. The van der Waals surface area contributed by atoms with Crippen LogP contribution >= 0.6 is 0 Å². The maximum absolute atomic E-state index is 10.9. The average Bonchev–Trinajstić information content (AvgIpc) is 2.65. The van der Waals surface area contributed by atoms with Gasteiger partial charge in [0.2, 0.25) is 14.6 Å². The van der Waals surface area contributed by atoms with E-state index in [9.17, 15) is 5.11 Å². The van der Waals surface area contributed by atoms with E-state index in [1.165, 1.54) is 0 Å². The average molecular weight is 411 g/mol. The molecule has 0 bridgehead atoms. The Balaban J connectivity index is 1.85. The van der Waals surface area contributed by atoms with Gasteiger partial charge in [0.1, 0.15) is 6.11 Å². The molecule has 1 aliphatic carbocycles. The van der Waals surface area contributed by atoms with Crippen LogP contribution in [0.1, 0.15) is 92.9 Å². The molecule has 0 radical (unpaired) electrons. The molecule has 1 saturated heterocycles. The van der Waals surface area contributed by atoms with Crippen LogP contribution in [0.3, 0.4) is 0 Å². The zero-order chi connectivity index (χ0) is 20.8. The van der Waals surface area contributed by atoms with Gasteiger partial charge in [-0.25, -0.2) is 0 Å². The van der Waals surface area contributed by atoms with Crippen LogP contribution in [-0.4, -0.2) is 38.0 Å². The Morgan fingerprint density at radius 3 is 2.11 bits per heavy atom. The maximum Gasteiger partial charge on any atom is 0.210 e. The second kappa shape index (κ2) is 10.5. The van der Waals surface area contributed by atoms with E-state index in [2.05, 4.69) is 53.6 Å². The zero-order valence-electron chi connectivity index (χ0n) is 18.9. The Bertz CT molecular complexity index is 499. The molecule has 4 nitrogen and oxygen atoms in total. The summed E-state index contributed by atoms with van der Waals surface area (Å²) in [6.45, 7) is 14.7. The molecular weight excluding hydrogens is 368 g/mol. The van der Waals surface area contributed by atoms with Crippen molar-refractivity contribution in [1.29, 1.82) is 0 Å². The predicted octanol–water partition coefficient (Wildman–Crippen LogP) is 5.75. The highest BCUT2D eigenvalue weighted by molar-refractivity contribution is 6.77. The van der Waals surface area contributed by atoms with Gasteiger partial charge in [-0.3, -0.25) is 0 Å². The molecule has 162 valence electrons. The summed E-state index contributed by atoms with van der Waals surface area (Å²) in [6.07, 6.45) is 9.81. The van der Waals surface area contributed by atoms with E-state index in [1.807, 2.05) is 0 Å². The number of hydrogen-bond donors (Lipinski definition) is 1. The van der Waals surface area contributed by atoms with Crippen molar-refractivity contribution < 1.29 is 19.0 Å². The lowest BCUT2D eigenvalue weighted by molar-refractivity contribution is -0.122.